The molecule has 0 amide bonds. The van der Waals surface area contributed by atoms with Crippen molar-refractivity contribution >= 4 is 0 Å². The fraction of sp³-hybridized carbons (Fsp3) is 0.400. The molecule has 0 aromatic heterocycles. The first-order valence-electron chi connectivity index (χ1n) is 8.20. The molecular weight excluding hydrogens is 286 g/mol. The highest BCUT2D eigenvalue weighted by atomic mass is 16.5. The Morgan fingerprint density at radius 2 is 1.65 bits per heavy atom. The highest BCUT2D eigenvalue weighted by Crippen LogP contribution is 2.16. The van der Waals surface area contributed by atoms with E-state index in [4.69, 9.17) is 4.74 Å². The van der Waals surface area contributed by atoms with E-state index in [9.17, 15) is 5.11 Å². The molecule has 0 heterocycles. The van der Waals surface area contributed by atoms with Gasteiger partial charge in [-0.15, -0.1) is 0 Å². The molecule has 0 saturated heterocycles. The average molecular weight is 313 g/mol. The summed E-state index contributed by atoms with van der Waals surface area (Å²) in [6.45, 7) is 8.05. The Labute approximate surface area is 139 Å². The molecule has 0 saturated carbocycles. The van der Waals surface area contributed by atoms with Crippen LogP contribution in [0.4, 0.5) is 0 Å². The minimum Gasteiger partial charge on any atom is -0.491 e. The van der Waals surface area contributed by atoms with E-state index < -0.39 is 6.10 Å². The maximum atomic E-state index is 10.3. The second-order valence-corrected chi connectivity index (χ2v) is 6.24. The predicted octanol–water partition coefficient (Wildman–Crippen LogP) is 3.65. The number of nitrogens with zero attached hydrogens (tertiary/aromatic N) is 1. The van der Waals surface area contributed by atoms with Crippen molar-refractivity contribution in [3.8, 4) is 5.75 Å². The monoisotopic (exact) mass is 313 g/mol. The van der Waals surface area contributed by atoms with Gasteiger partial charge in [0.25, 0.3) is 0 Å². The van der Waals surface area contributed by atoms with E-state index in [1.165, 1.54) is 5.56 Å². The number of benzene rings is 2. The molecule has 0 radical (unpaired) electrons. The topological polar surface area (TPSA) is 32.7 Å². The number of aliphatic hydroxyl groups excluding tert-OH is 1. The first kappa shape index (κ1) is 17.5. The van der Waals surface area contributed by atoms with Gasteiger partial charge in [-0.05, 0) is 38.0 Å². The standard InChI is InChI=1S/C20H27NO2/c1-16(2)21(13-18-10-5-4-6-11-18)14-19(22)15-23-20-12-8-7-9-17(20)3/h4-12,16,19,22H,13-15H2,1-3H3. The number of aryl methyl sites for hydroxylation is 1. The van der Waals surface area contributed by atoms with Gasteiger partial charge >= 0.3 is 0 Å². The number of para-hydroxylation sites is 1. The molecule has 1 N–H and O–H groups in total. The number of ether oxygens (including phenoxy) is 1. The fourth-order valence-corrected chi connectivity index (χ4v) is 2.50. The molecule has 124 valence electrons. The third-order valence-electron chi connectivity index (χ3n) is 3.93. The van der Waals surface area contributed by atoms with Crippen molar-refractivity contribution in [3.05, 3.63) is 65.7 Å². The molecule has 2 aromatic rings. The Morgan fingerprint density at radius 1 is 1.00 bits per heavy atom. The Hall–Kier alpha value is -1.84. The van der Waals surface area contributed by atoms with Crippen molar-refractivity contribution in [2.75, 3.05) is 13.2 Å². The zero-order valence-electron chi connectivity index (χ0n) is 14.3. The largest absolute Gasteiger partial charge is 0.491 e. The molecule has 0 bridgehead atoms. The molecule has 1 unspecified atom stereocenters. The van der Waals surface area contributed by atoms with E-state index in [2.05, 4.69) is 30.9 Å². The SMILES string of the molecule is Cc1ccccc1OCC(O)CN(Cc1ccccc1)C(C)C. The van der Waals surface area contributed by atoms with E-state index in [1.54, 1.807) is 0 Å². The number of aliphatic hydroxyl groups is 1. The van der Waals surface area contributed by atoms with Crippen molar-refractivity contribution < 1.29 is 9.84 Å². The Kier molecular flexibility index (Phi) is 6.63. The van der Waals surface area contributed by atoms with Crippen molar-refractivity contribution in [1.82, 2.24) is 4.90 Å². The molecule has 2 aromatic carbocycles. The lowest BCUT2D eigenvalue weighted by Crippen LogP contribution is -2.39. The summed E-state index contributed by atoms with van der Waals surface area (Å²) in [6, 6.07) is 18.6. The van der Waals surface area contributed by atoms with Crippen LogP contribution in [0.15, 0.2) is 54.6 Å². The summed E-state index contributed by atoms with van der Waals surface area (Å²) in [6.07, 6.45) is -0.513. The van der Waals surface area contributed by atoms with Crippen molar-refractivity contribution in [1.29, 1.82) is 0 Å². The van der Waals surface area contributed by atoms with Gasteiger partial charge in [-0.2, -0.15) is 0 Å². The molecule has 1 atom stereocenters. The summed E-state index contributed by atoms with van der Waals surface area (Å²) in [4.78, 5) is 2.27. The van der Waals surface area contributed by atoms with E-state index >= 15 is 0 Å². The molecular formula is C20H27NO2. The number of hydrogen-bond donors (Lipinski definition) is 1. The minimum atomic E-state index is -0.513. The predicted molar refractivity (Wildman–Crippen MR) is 94.7 cm³/mol. The maximum Gasteiger partial charge on any atom is 0.122 e. The quantitative estimate of drug-likeness (QED) is 0.807. The van der Waals surface area contributed by atoms with Crippen LogP contribution in [0.5, 0.6) is 5.75 Å². The second kappa shape index (κ2) is 8.70. The van der Waals surface area contributed by atoms with Crippen molar-refractivity contribution in [2.24, 2.45) is 0 Å². The molecule has 0 fully saturated rings. The maximum absolute atomic E-state index is 10.3. The molecule has 2 rings (SSSR count). The van der Waals surface area contributed by atoms with E-state index in [0.717, 1.165) is 17.9 Å². The molecule has 0 spiro atoms. The lowest BCUT2D eigenvalue weighted by atomic mass is 10.1. The highest BCUT2D eigenvalue weighted by molar-refractivity contribution is 5.31. The Bertz CT molecular complexity index is 583. The lowest BCUT2D eigenvalue weighted by Gasteiger charge is -2.29. The van der Waals surface area contributed by atoms with Crippen molar-refractivity contribution in [2.45, 2.75) is 39.5 Å². The first-order chi connectivity index (χ1) is 11.1. The lowest BCUT2D eigenvalue weighted by molar-refractivity contribution is 0.0541. The van der Waals surface area contributed by atoms with Crippen LogP contribution < -0.4 is 4.74 Å². The molecule has 3 nitrogen and oxygen atoms in total. The van der Waals surface area contributed by atoms with E-state index in [0.29, 0.717) is 19.2 Å². The van der Waals surface area contributed by atoms with Gasteiger partial charge in [0.1, 0.15) is 18.5 Å². The Balaban J connectivity index is 1.88. The van der Waals surface area contributed by atoms with Crippen LogP contribution in [-0.2, 0) is 6.54 Å². The van der Waals surface area contributed by atoms with Gasteiger partial charge in [-0.25, -0.2) is 0 Å². The van der Waals surface area contributed by atoms with Crippen LogP contribution in [-0.4, -0.2) is 35.3 Å². The molecule has 0 aliphatic carbocycles. The first-order valence-corrected chi connectivity index (χ1v) is 8.20. The fourth-order valence-electron chi connectivity index (χ4n) is 2.50. The summed E-state index contributed by atoms with van der Waals surface area (Å²) in [5, 5.41) is 10.3. The van der Waals surface area contributed by atoms with E-state index in [-0.39, 0.29) is 0 Å². The molecule has 0 aliphatic rings. The highest BCUT2D eigenvalue weighted by Gasteiger charge is 2.16. The second-order valence-electron chi connectivity index (χ2n) is 6.24. The summed E-state index contributed by atoms with van der Waals surface area (Å²) in [7, 11) is 0. The van der Waals surface area contributed by atoms with Gasteiger partial charge in [0, 0.05) is 19.1 Å². The number of hydrogen-bond acceptors (Lipinski definition) is 3. The van der Waals surface area contributed by atoms with Gasteiger partial charge in [0.15, 0.2) is 0 Å². The third-order valence-corrected chi connectivity index (χ3v) is 3.93. The Morgan fingerprint density at radius 3 is 2.30 bits per heavy atom. The van der Waals surface area contributed by atoms with Crippen LogP contribution >= 0.6 is 0 Å². The molecule has 0 aliphatic heterocycles. The van der Waals surface area contributed by atoms with Crippen molar-refractivity contribution in [3.63, 3.8) is 0 Å². The van der Waals surface area contributed by atoms with Gasteiger partial charge in [0.05, 0.1) is 0 Å². The van der Waals surface area contributed by atoms with Gasteiger partial charge < -0.3 is 9.84 Å². The van der Waals surface area contributed by atoms with Crippen LogP contribution in [0.3, 0.4) is 0 Å². The minimum absolute atomic E-state index is 0.308. The van der Waals surface area contributed by atoms with Gasteiger partial charge in [0.2, 0.25) is 0 Å². The van der Waals surface area contributed by atoms with Crippen LogP contribution in [0.1, 0.15) is 25.0 Å². The molecule has 3 heteroatoms. The summed E-state index contributed by atoms with van der Waals surface area (Å²) in [5.74, 6) is 0.839. The number of rotatable bonds is 8. The zero-order valence-corrected chi connectivity index (χ0v) is 14.3. The summed E-state index contributed by atoms with van der Waals surface area (Å²) < 4.78 is 5.75. The zero-order chi connectivity index (χ0) is 16.7. The van der Waals surface area contributed by atoms with Gasteiger partial charge in [-0.3, -0.25) is 4.90 Å². The smallest absolute Gasteiger partial charge is 0.122 e. The summed E-state index contributed by atoms with van der Waals surface area (Å²) >= 11 is 0. The van der Waals surface area contributed by atoms with Crippen LogP contribution in [0.2, 0.25) is 0 Å². The van der Waals surface area contributed by atoms with E-state index in [1.807, 2.05) is 49.4 Å². The van der Waals surface area contributed by atoms with Crippen LogP contribution in [0.25, 0.3) is 0 Å². The average Bonchev–Trinajstić information content (AvgIpc) is 2.54. The van der Waals surface area contributed by atoms with Crippen LogP contribution in [0, 0.1) is 6.92 Å². The van der Waals surface area contributed by atoms with Gasteiger partial charge in [-0.1, -0.05) is 48.5 Å². The molecule has 23 heavy (non-hydrogen) atoms. The summed E-state index contributed by atoms with van der Waals surface area (Å²) in [5.41, 5.74) is 2.35. The normalized spacial score (nSPS) is 12.6. The third kappa shape index (κ3) is 5.70.